The Morgan fingerprint density at radius 3 is 2.42 bits per heavy atom. The van der Waals surface area contributed by atoms with E-state index in [2.05, 4.69) is 5.10 Å². The standard InChI is InChI=1S/C15H19N3O/c1-11-5-7-13(8-6-11)15(19)17(3)10-14-12(2)9-18(4)16-14/h5-9H,10H2,1-4H3. The van der Waals surface area contributed by atoms with E-state index in [1.165, 1.54) is 0 Å². The van der Waals surface area contributed by atoms with Crippen molar-refractivity contribution in [1.29, 1.82) is 0 Å². The predicted molar refractivity (Wildman–Crippen MR) is 74.9 cm³/mol. The van der Waals surface area contributed by atoms with E-state index in [0.29, 0.717) is 12.1 Å². The minimum Gasteiger partial charge on any atom is -0.336 e. The summed E-state index contributed by atoms with van der Waals surface area (Å²) in [6.45, 7) is 4.54. The average molecular weight is 257 g/mol. The zero-order valence-electron chi connectivity index (χ0n) is 11.8. The maximum absolute atomic E-state index is 12.3. The average Bonchev–Trinajstić information content (AvgIpc) is 2.68. The van der Waals surface area contributed by atoms with E-state index >= 15 is 0 Å². The Balaban J connectivity index is 2.11. The molecule has 0 bridgehead atoms. The second kappa shape index (κ2) is 5.26. The second-order valence-electron chi connectivity index (χ2n) is 4.96. The fraction of sp³-hybridized carbons (Fsp3) is 0.333. The van der Waals surface area contributed by atoms with Crippen LogP contribution in [0.3, 0.4) is 0 Å². The Hall–Kier alpha value is -2.10. The van der Waals surface area contributed by atoms with Gasteiger partial charge in [0.15, 0.2) is 0 Å². The summed E-state index contributed by atoms with van der Waals surface area (Å²) in [5.41, 5.74) is 3.90. The van der Waals surface area contributed by atoms with E-state index < -0.39 is 0 Å². The molecule has 0 unspecified atom stereocenters. The molecule has 2 rings (SSSR count). The van der Waals surface area contributed by atoms with Crippen LogP contribution in [0.25, 0.3) is 0 Å². The van der Waals surface area contributed by atoms with Crippen molar-refractivity contribution in [2.75, 3.05) is 7.05 Å². The highest BCUT2D eigenvalue weighted by molar-refractivity contribution is 5.94. The van der Waals surface area contributed by atoms with Gasteiger partial charge in [-0.1, -0.05) is 17.7 Å². The van der Waals surface area contributed by atoms with Crippen molar-refractivity contribution in [3.63, 3.8) is 0 Å². The third-order valence-electron chi connectivity index (χ3n) is 3.15. The van der Waals surface area contributed by atoms with Crippen LogP contribution < -0.4 is 0 Å². The Morgan fingerprint density at radius 1 is 1.26 bits per heavy atom. The summed E-state index contributed by atoms with van der Waals surface area (Å²) in [5, 5.41) is 4.36. The van der Waals surface area contributed by atoms with Crippen LogP contribution in [-0.4, -0.2) is 27.6 Å². The third-order valence-corrected chi connectivity index (χ3v) is 3.15. The van der Waals surface area contributed by atoms with Gasteiger partial charge in [-0.2, -0.15) is 5.10 Å². The first-order valence-corrected chi connectivity index (χ1v) is 6.28. The van der Waals surface area contributed by atoms with Gasteiger partial charge in [-0.05, 0) is 31.5 Å². The number of aromatic nitrogens is 2. The molecule has 1 amide bonds. The summed E-state index contributed by atoms with van der Waals surface area (Å²) in [5.74, 6) is 0.0186. The van der Waals surface area contributed by atoms with Gasteiger partial charge in [-0.3, -0.25) is 9.48 Å². The molecule has 1 aromatic heterocycles. The Bertz CT molecular complexity index is 584. The van der Waals surface area contributed by atoms with Crippen LogP contribution in [0.5, 0.6) is 0 Å². The van der Waals surface area contributed by atoms with Crippen molar-refractivity contribution in [2.24, 2.45) is 7.05 Å². The van der Waals surface area contributed by atoms with Gasteiger partial charge < -0.3 is 4.90 Å². The number of carbonyl (C=O) groups is 1. The van der Waals surface area contributed by atoms with Gasteiger partial charge in [0.05, 0.1) is 12.2 Å². The summed E-state index contributed by atoms with van der Waals surface area (Å²) in [7, 11) is 3.69. The van der Waals surface area contributed by atoms with Gasteiger partial charge in [-0.25, -0.2) is 0 Å². The van der Waals surface area contributed by atoms with Crippen LogP contribution in [0.2, 0.25) is 0 Å². The van der Waals surface area contributed by atoms with E-state index in [4.69, 9.17) is 0 Å². The molecule has 0 aliphatic rings. The lowest BCUT2D eigenvalue weighted by molar-refractivity contribution is 0.0783. The highest BCUT2D eigenvalue weighted by Gasteiger charge is 2.14. The molecule has 0 atom stereocenters. The maximum atomic E-state index is 12.3. The molecule has 100 valence electrons. The number of aryl methyl sites for hydroxylation is 3. The van der Waals surface area contributed by atoms with Crippen LogP contribution >= 0.6 is 0 Å². The number of carbonyl (C=O) groups excluding carboxylic acids is 1. The summed E-state index contributed by atoms with van der Waals surface area (Å²) >= 11 is 0. The van der Waals surface area contributed by atoms with Crippen LogP contribution in [0.1, 0.15) is 27.2 Å². The number of benzene rings is 1. The van der Waals surface area contributed by atoms with Crippen LogP contribution in [0, 0.1) is 13.8 Å². The zero-order valence-corrected chi connectivity index (χ0v) is 11.8. The maximum Gasteiger partial charge on any atom is 0.253 e. The quantitative estimate of drug-likeness (QED) is 0.846. The molecule has 1 heterocycles. The summed E-state index contributed by atoms with van der Waals surface area (Å²) in [6, 6.07) is 7.62. The largest absolute Gasteiger partial charge is 0.336 e. The Kier molecular flexibility index (Phi) is 3.69. The minimum atomic E-state index is 0.0186. The van der Waals surface area contributed by atoms with E-state index in [9.17, 15) is 4.79 Å². The fourth-order valence-corrected chi connectivity index (χ4v) is 2.02. The van der Waals surface area contributed by atoms with Gasteiger partial charge in [0.1, 0.15) is 0 Å². The zero-order chi connectivity index (χ0) is 14.0. The molecule has 0 aliphatic heterocycles. The van der Waals surface area contributed by atoms with Crippen LogP contribution in [-0.2, 0) is 13.6 Å². The summed E-state index contributed by atoms with van der Waals surface area (Å²) in [4.78, 5) is 14.0. The summed E-state index contributed by atoms with van der Waals surface area (Å²) < 4.78 is 1.77. The molecule has 0 aliphatic carbocycles. The number of rotatable bonds is 3. The smallest absolute Gasteiger partial charge is 0.253 e. The molecule has 0 saturated heterocycles. The highest BCUT2D eigenvalue weighted by Crippen LogP contribution is 2.11. The van der Waals surface area contributed by atoms with Crippen molar-refractivity contribution >= 4 is 5.91 Å². The molecule has 0 N–H and O–H groups in total. The third kappa shape index (κ3) is 3.02. The van der Waals surface area contributed by atoms with E-state index in [1.807, 2.05) is 51.4 Å². The lowest BCUT2D eigenvalue weighted by Crippen LogP contribution is -2.26. The number of nitrogens with zero attached hydrogens (tertiary/aromatic N) is 3. The molecule has 4 heteroatoms. The van der Waals surface area contributed by atoms with Gasteiger partial charge in [0.2, 0.25) is 0 Å². The van der Waals surface area contributed by atoms with Crippen molar-refractivity contribution in [1.82, 2.24) is 14.7 Å². The van der Waals surface area contributed by atoms with E-state index in [-0.39, 0.29) is 5.91 Å². The van der Waals surface area contributed by atoms with Gasteiger partial charge in [-0.15, -0.1) is 0 Å². The van der Waals surface area contributed by atoms with Crippen molar-refractivity contribution in [3.05, 3.63) is 52.8 Å². The number of hydrogen-bond donors (Lipinski definition) is 0. The van der Waals surface area contributed by atoms with Gasteiger partial charge >= 0.3 is 0 Å². The normalized spacial score (nSPS) is 10.5. The van der Waals surface area contributed by atoms with E-state index in [1.54, 1.807) is 16.6 Å². The molecule has 2 aromatic rings. The van der Waals surface area contributed by atoms with Crippen molar-refractivity contribution < 1.29 is 4.79 Å². The first-order valence-electron chi connectivity index (χ1n) is 6.28. The first kappa shape index (κ1) is 13.3. The highest BCUT2D eigenvalue weighted by atomic mass is 16.2. The molecule has 1 aromatic carbocycles. The molecular formula is C15H19N3O. The van der Waals surface area contributed by atoms with Crippen molar-refractivity contribution in [2.45, 2.75) is 20.4 Å². The van der Waals surface area contributed by atoms with Gasteiger partial charge in [0, 0.05) is 25.9 Å². The minimum absolute atomic E-state index is 0.0186. The Labute approximate surface area is 113 Å². The fourth-order valence-electron chi connectivity index (χ4n) is 2.02. The lowest BCUT2D eigenvalue weighted by atomic mass is 10.1. The van der Waals surface area contributed by atoms with E-state index in [0.717, 1.165) is 16.8 Å². The number of amides is 1. The monoisotopic (exact) mass is 257 g/mol. The van der Waals surface area contributed by atoms with Crippen molar-refractivity contribution in [3.8, 4) is 0 Å². The Morgan fingerprint density at radius 2 is 1.89 bits per heavy atom. The first-order chi connectivity index (χ1) is 8.97. The molecule has 0 saturated carbocycles. The second-order valence-corrected chi connectivity index (χ2v) is 4.96. The van der Waals surface area contributed by atoms with Gasteiger partial charge in [0.25, 0.3) is 5.91 Å². The lowest BCUT2D eigenvalue weighted by Gasteiger charge is -2.16. The molecule has 19 heavy (non-hydrogen) atoms. The SMILES string of the molecule is Cc1ccc(C(=O)N(C)Cc2nn(C)cc2C)cc1. The molecule has 0 fully saturated rings. The topological polar surface area (TPSA) is 38.1 Å². The number of hydrogen-bond acceptors (Lipinski definition) is 2. The summed E-state index contributed by atoms with van der Waals surface area (Å²) in [6.07, 6.45) is 1.96. The molecule has 0 radical (unpaired) electrons. The van der Waals surface area contributed by atoms with Crippen LogP contribution in [0.15, 0.2) is 30.5 Å². The molecule has 0 spiro atoms. The molecule has 4 nitrogen and oxygen atoms in total. The predicted octanol–water partition coefficient (Wildman–Crippen LogP) is 2.31. The molecular weight excluding hydrogens is 238 g/mol. The van der Waals surface area contributed by atoms with Crippen LogP contribution in [0.4, 0.5) is 0 Å².